The Hall–Kier alpha value is -0.0200. The highest BCUT2D eigenvalue weighted by atomic mass is 35.5. The molecule has 1 heterocycles. The number of halogens is 2. The van der Waals surface area contributed by atoms with E-state index in [0.717, 1.165) is 6.42 Å². The van der Waals surface area contributed by atoms with Crippen molar-refractivity contribution < 1.29 is 0 Å². The first kappa shape index (κ1) is 12.1. The largest absolute Gasteiger partial charge is 0.309 e. The molecule has 1 atom stereocenters. The van der Waals surface area contributed by atoms with Crippen LogP contribution in [0.5, 0.6) is 0 Å². The van der Waals surface area contributed by atoms with E-state index in [2.05, 4.69) is 29.8 Å². The van der Waals surface area contributed by atoms with E-state index in [1.165, 1.54) is 10.4 Å². The maximum Gasteiger partial charge on any atom is 0.0431 e. The minimum absolute atomic E-state index is 0.416. The van der Waals surface area contributed by atoms with E-state index < -0.39 is 0 Å². The molecule has 1 N–H and O–H groups in total. The monoisotopic (exact) mass is 249 g/mol. The minimum atomic E-state index is 0.416. The molecule has 1 nitrogen and oxygen atoms in total. The van der Waals surface area contributed by atoms with Gasteiger partial charge in [-0.15, -0.1) is 11.3 Å². The molecule has 0 bridgehead atoms. The molecular formula is C10H13Cl2NS. The van der Waals surface area contributed by atoms with Gasteiger partial charge in [0.1, 0.15) is 0 Å². The predicted molar refractivity (Wildman–Crippen MR) is 65.3 cm³/mol. The smallest absolute Gasteiger partial charge is 0.0431 e. The van der Waals surface area contributed by atoms with Crippen molar-refractivity contribution in [1.82, 2.24) is 5.32 Å². The van der Waals surface area contributed by atoms with E-state index in [-0.39, 0.29) is 0 Å². The van der Waals surface area contributed by atoms with Crippen LogP contribution in [0, 0.1) is 0 Å². The van der Waals surface area contributed by atoms with E-state index in [1.807, 2.05) is 0 Å². The van der Waals surface area contributed by atoms with E-state index >= 15 is 0 Å². The molecule has 0 amide bonds. The molecule has 0 spiro atoms. The van der Waals surface area contributed by atoms with E-state index in [4.69, 9.17) is 23.2 Å². The van der Waals surface area contributed by atoms with E-state index in [1.54, 1.807) is 11.3 Å². The lowest BCUT2D eigenvalue weighted by Gasteiger charge is -2.11. The van der Waals surface area contributed by atoms with Crippen molar-refractivity contribution in [2.75, 3.05) is 6.54 Å². The molecule has 1 aromatic heterocycles. The zero-order valence-electron chi connectivity index (χ0n) is 7.97. The highest BCUT2D eigenvalue weighted by Gasteiger charge is 2.03. The Morgan fingerprint density at radius 3 is 3.07 bits per heavy atom. The van der Waals surface area contributed by atoms with Crippen LogP contribution in [-0.2, 0) is 6.42 Å². The summed E-state index contributed by atoms with van der Waals surface area (Å²) in [6.07, 6.45) is 1.03. The van der Waals surface area contributed by atoms with Gasteiger partial charge in [-0.3, -0.25) is 0 Å². The second-order valence-corrected chi connectivity index (χ2v) is 4.86. The third-order valence-electron chi connectivity index (χ3n) is 1.83. The summed E-state index contributed by atoms with van der Waals surface area (Å²) in [5.74, 6) is 0. The summed E-state index contributed by atoms with van der Waals surface area (Å²) in [6.45, 7) is 2.77. The molecule has 78 valence electrons. The van der Waals surface area contributed by atoms with Crippen molar-refractivity contribution in [2.24, 2.45) is 0 Å². The fourth-order valence-corrected chi connectivity index (χ4v) is 2.10. The standard InChI is InChI=1S/C10H13Cl2NS/c1-8(13-7-9(12)6-11)5-10-3-2-4-14-10/h2-4,6,8,13H,5,7H2,1H3. The summed E-state index contributed by atoms with van der Waals surface area (Å²) < 4.78 is 0. The summed E-state index contributed by atoms with van der Waals surface area (Å²) in [7, 11) is 0. The van der Waals surface area contributed by atoms with Gasteiger partial charge in [-0.25, -0.2) is 0 Å². The molecule has 0 aliphatic carbocycles. The van der Waals surface area contributed by atoms with Crippen molar-refractivity contribution in [2.45, 2.75) is 19.4 Å². The molecule has 1 unspecified atom stereocenters. The Balaban J connectivity index is 2.26. The molecule has 1 rings (SSSR count). The minimum Gasteiger partial charge on any atom is -0.309 e. The second kappa shape index (κ2) is 6.46. The fourth-order valence-electron chi connectivity index (χ4n) is 1.11. The highest BCUT2D eigenvalue weighted by molar-refractivity contribution is 7.09. The highest BCUT2D eigenvalue weighted by Crippen LogP contribution is 2.11. The Labute approximate surface area is 98.7 Å². The van der Waals surface area contributed by atoms with Crippen LogP contribution in [0.3, 0.4) is 0 Å². The Morgan fingerprint density at radius 1 is 1.71 bits per heavy atom. The molecule has 1 aromatic rings. The number of thiophene rings is 1. The van der Waals surface area contributed by atoms with Gasteiger partial charge in [-0.1, -0.05) is 29.3 Å². The average Bonchev–Trinajstić information content (AvgIpc) is 2.66. The Morgan fingerprint density at radius 2 is 2.50 bits per heavy atom. The van der Waals surface area contributed by atoms with Crippen molar-refractivity contribution in [3.8, 4) is 0 Å². The van der Waals surface area contributed by atoms with Crippen molar-refractivity contribution in [1.29, 1.82) is 0 Å². The first-order chi connectivity index (χ1) is 6.72. The summed E-state index contributed by atoms with van der Waals surface area (Å²) in [5.41, 5.74) is 1.40. The summed E-state index contributed by atoms with van der Waals surface area (Å²) in [5, 5.41) is 6.03. The number of nitrogens with one attached hydrogen (secondary N) is 1. The zero-order chi connectivity index (χ0) is 10.4. The van der Waals surface area contributed by atoms with Crippen molar-refractivity contribution >= 4 is 34.5 Å². The molecule has 0 fully saturated rings. The molecule has 4 heteroatoms. The number of rotatable bonds is 5. The lowest BCUT2D eigenvalue weighted by molar-refractivity contribution is 0.582. The maximum atomic E-state index is 5.76. The molecule has 14 heavy (non-hydrogen) atoms. The van der Waals surface area contributed by atoms with E-state index in [0.29, 0.717) is 17.6 Å². The van der Waals surface area contributed by atoms with Crippen LogP contribution in [0.15, 0.2) is 28.1 Å². The van der Waals surface area contributed by atoms with Gasteiger partial charge in [0.05, 0.1) is 0 Å². The van der Waals surface area contributed by atoms with Crippen LogP contribution in [0.25, 0.3) is 0 Å². The summed E-state index contributed by atoms with van der Waals surface area (Å²) in [6, 6.07) is 4.62. The zero-order valence-corrected chi connectivity index (χ0v) is 10.3. The molecule has 0 saturated carbocycles. The fraction of sp³-hybridized carbons (Fsp3) is 0.400. The first-order valence-corrected chi connectivity index (χ1v) is 6.12. The second-order valence-electron chi connectivity index (χ2n) is 3.12. The topological polar surface area (TPSA) is 12.0 Å². The van der Waals surface area contributed by atoms with Gasteiger partial charge in [0.2, 0.25) is 0 Å². The number of hydrogen-bond donors (Lipinski definition) is 1. The predicted octanol–water partition coefficient (Wildman–Crippen LogP) is 3.59. The van der Waals surface area contributed by atoms with Gasteiger partial charge >= 0.3 is 0 Å². The van der Waals surface area contributed by atoms with Crippen LogP contribution in [0.2, 0.25) is 0 Å². The SMILES string of the molecule is CC(Cc1cccs1)NCC(Cl)=CCl. The van der Waals surface area contributed by atoms with Crippen molar-refractivity contribution in [3.05, 3.63) is 33.0 Å². The lowest BCUT2D eigenvalue weighted by atomic mass is 10.2. The Kier molecular flexibility index (Phi) is 5.56. The number of hydrogen-bond acceptors (Lipinski definition) is 2. The lowest BCUT2D eigenvalue weighted by Crippen LogP contribution is -2.28. The summed E-state index contributed by atoms with van der Waals surface area (Å²) in [4.78, 5) is 1.39. The molecule has 0 saturated heterocycles. The van der Waals surface area contributed by atoms with Crippen molar-refractivity contribution in [3.63, 3.8) is 0 Å². The van der Waals surface area contributed by atoms with Crippen LogP contribution < -0.4 is 5.32 Å². The quantitative estimate of drug-likeness (QED) is 0.842. The normalized spacial score (nSPS) is 14.4. The summed E-state index contributed by atoms with van der Waals surface area (Å²) >= 11 is 13.0. The maximum absolute atomic E-state index is 5.76. The van der Waals surface area contributed by atoms with Crippen LogP contribution >= 0.6 is 34.5 Å². The van der Waals surface area contributed by atoms with Crippen LogP contribution in [0.4, 0.5) is 0 Å². The Bertz CT molecular complexity index is 282. The third-order valence-corrected chi connectivity index (χ3v) is 3.34. The van der Waals surface area contributed by atoms with Gasteiger partial charge in [0.15, 0.2) is 0 Å². The van der Waals surface area contributed by atoms with Gasteiger partial charge < -0.3 is 5.32 Å². The molecular weight excluding hydrogens is 237 g/mol. The molecule has 0 aliphatic rings. The van der Waals surface area contributed by atoms with Gasteiger partial charge in [0, 0.05) is 28.0 Å². The average molecular weight is 250 g/mol. The molecule has 0 radical (unpaired) electrons. The van der Waals surface area contributed by atoms with E-state index in [9.17, 15) is 0 Å². The first-order valence-electron chi connectivity index (χ1n) is 4.43. The van der Waals surface area contributed by atoms with Gasteiger partial charge in [0.25, 0.3) is 0 Å². The molecule has 0 aliphatic heterocycles. The van der Waals surface area contributed by atoms with Crippen LogP contribution in [-0.4, -0.2) is 12.6 Å². The van der Waals surface area contributed by atoms with Gasteiger partial charge in [-0.2, -0.15) is 0 Å². The third kappa shape index (κ3) is 4.47. The molecule has 0 aromatic carbocycles. The van der Waals surface area contributed by atoms with Crippen LogP contribution in [0.1, 0.15) is 11.8 Å². The van der Waals surface area contributed by atoms with Gasteiger partial charge in [-0.05, 0) is 24.8 Å².